The number of amides is 1. The first-order chi connectivity index (χ1) is 12.1. The number of thiophene rings is 1. The summed E-state index contributed by atoms with van der Waals surface area (Å²) in [5, 5.41) is 0. The van der Waals surface area contributed by atoms with Gasteiger partial charge in [0.15, 0.2) is 0 Å². The Bertz CT molecular complexity index is 945. The molecule has 0 unspecified atom stereocenters. The Labute approximate surface area is 159 Å². The van der Waals surface area contributed by atoms with Crippen molar-refractivity contribution in [2.45, 2.75) is 25.7 Å². The molecule has 2 aromatic rings. The Morgan fingerprint density at radius 3 is 2.69 bits per heavy atom. The van der Waals surface area contributed by atoms with E-state index < -0.39 is 10.0 Å². The van der Waals surface area contributed by atoms with E-state index in [0.29, 0.717) is 11.4 Å². The zero-order valence-electron chi connectivity index (χ0n) is 15.5. The lowest BCUT2D eigenvalue weighted by Crippen LogP contribution is -2.35. The number of hydrogen-bond acceptors (Lipinski definition) is 4. The van der Waals surface area contributed by atoms with E-state index in [9.17, 15) is 13.2 Å². The van der Waals surface area contributed by atoms with Gasteiger partial charge in [-0.05, 0) is 34.6 Å². The van der Waals surface area contributed by atoms with Gasteiger partial charge in [-0.25, -0.2) is 13.1 Å². The minimum Gasteiger partial charge on any atom is -0.340 e. The molecule has 3 rings (SSSR count). The predicted octanol–water partition coefficient (Wildman–Crippen LogP) is 2.87. The number of rotatable bonds is 5. The van der Waals surface area contributed by atoms with E-state index in [1.54, 1.807) is 11.9 Å². The van der Waals surface area contributed by atoms with Crippen LogP contribution in [-0.4, -0.2) is 45.6 Å². The van der Waals surface area contributed by atoms with Crippen molar-refractivity contribution in [2.24, 2.45) is 0 Å². The van der Waals surface area contributed by atoms with Crippen LogP contribution in [0.15, 0.2) is 30.3 Å². The molecule has 1 amide bonds. The van der Waals surface area contributed by atoms with Crippen molar-refractivity contribution < 1.29 is 13.2 Å². The van der Waals surface area contributed by atoms with Gasteiger partial charge >= 0.3 is 0 Å². The minimum atomic E-state index is -3.24. The molecule has 0 aliphatic heterocycles. The zero-order valence-corrected chi connectivity index (χ0v) is 17.1. The Morgan fingerprint density at radius 1 is 1.31 bits per heavy atom. The van der Waals surface area contributed by atoms with Gasteiger partial charge in [-0.3, -0.25) is 4.79 Å². The van der Waals surface area contributed by atoms with Gasteiger partial charge in [-0.2, -0.15) is 0 Å². The molecule has 0 bridgehead atoms. The molecular formula is C19H24N2O3S2. The molecule has 26 heavy (non-hydrogen) atoms. The van der Waals surface area contributed by atoms with Crippen molar-refractivity contribution in [2.75, 3.05) is 26.4 Å². The van der Waals surface area contributed by atoms with E-state index in [1.165, 1.54) is 32.9 Å². The first-order valence-electron chi connectivity index (χ1n) is 8.51. The van der Waals surface area contributed by atoms with Crippen molar-refractivity contribution in [1.82, 2.24) is 9.62 Å². The Morgan fingerprint density at radius 2 is 2.00 bits per heavy atom. The first kappa shape index (κ1) is 19.1. The molecule has 140 valence electrons. The van der Waals surface area contributed by atoms with E-state index >= 15 is 0 Å². The van der Waals surface area contributed by atoms with Crippen LogP contribution < -0.4 is 4.72 Å². The number of carbonyl (C=O) groups is 1. The summed E-state index contributed by atoms with van der Waals surface area (Å²) in [6, 6.07) is 10.4. The molecule has 1 N–H and O–H groups in total. The van der Waals surface area contributed by atoms with Crippen LogP contribution >= 0.6 is 11.3 Å². The summed E-state index contributed by atoms with van der Waals surface area (Å²) in [4.78, 5) is 16.2. The van der Waals surface area contributed by atoms with E-state index in [1.807, 2.05) is 12.1 Å². The van der Waals surface area contributed by atoms with Crippen molar-refractivity contribution in [3.63, 3.8) is 0 Å². The maximum Gasteiger partial charge on any atom is 0.263 e. The average molecular weight is 393 g/mol. The predicted molar refractivity (Wildman–Crippen MR) is 106 cm³/mol. The fourth-order valence-corrected chi connectivity index (χ4v) is 5.10. The fourth-order valence-electron chi connectivity index (χ4n) is 3.42. The smallest absolute Gasteiger partial charge is 0.263 e. The van der Waals surface area contributed by atoms with E-state index in [0.717, 1.165) is 12.7 Å². The molecule has 7 heteroatoms. The molecule has 0 saturated carbocycles. The second-order valence-corrected chi connectivity index (χ2v) is 10.3. The topological polar surface area (TPSA) is 66.5 Å². The quantitative estimate of drug-likeness (QED) is 0.851. The highest BCUT2D eigenvalue weighted by atomic mass is 32.2. The van der Waals surface area contributed by atoms with Gasteiger partial charge in [0.2, 0.25) is 10.0 Å². The lowest BCUT2D eigenvalue weighted by atomic mass is 9.73. The Balaban J connectivity index is 1.83. The van der Waals surface area contributed by atoms with Crippen LogP contribution in [0.1, 0.15) is 34.6 Å². The normalized spacial score (nSPS) is 15.2. The molecule has 1 aliphatic rings. The molecule has 0 spiro atoms. The molecule has 1 heterocycles. The fraction of sp³-hybridized carbons (Fsp3) is 0.421. The second kappa shape index (κ2) is 6.79. The van der Waals surface area contributed by atoms with Crippen LogP contribution in [0.5, 0.6) is 0 Å². The summed E-state index contributed by atoms with van der Waals surface area (Å²) in [6.45, 7) is 5.01. The van der Waals surface area contributed by atoms with E-state index in [2.05, 4.69) is 36.8 Å². The van der Waals surface area contributed by atoms with Gasteiger partial charge in [-0.1, -0.05) is 38.1 Å². The molecule has 0 fully saturated rings. The first-order valence-corrected chi connectivity index (χ1v) is 11.2. The summed E-state index contributed by atoms with van der Waals surface area (Å²) in [7, 11) is -1.55. The van der Waals surface area contributed by atoms with Crippen LogP contribution in [-0.2, 0) is 21.9 Å². The maximum absolute atomic E-state index is 12.8. The van der Waals surface area contributed by atoms with Crippen LogP contribution in [0.2, 0.25) is 0 Å². The highest BCUT2D eigenvalue weighted by Crippen LogP contribution is 2.46. The number of benzene rings is 1. The van der Waals surface area contributed by atoms with Gasteiger partial charge in [0.1, 0.15) is 0 Å². The standard InChI is InChI=1S/C19H24N2O3S2/c1-19(2)12-13-11-16(18(22)21(3)10-9-20-26(4,23)24)25-17(13)14-7-5-6-8-15(14)19/h5-8,11,20H,9-10,12H2,1-4H3. The third-order valence-electron chi connectivity index (χ3n) is 4.71. The zero-order chi connectivity index (χ0) is 19.1. The summed E-state index contributed by atoms with van der Waals surface area (Å²) < 4.78 is 24.7. The van der Waals surface area contributed by atoms with Crippen molar-refractivity contribution in [3.05, 3.63) is 46.3 Å². The van der Waals surface area contributed by atoms with Gasteiger partial charge in [0.05, 0.1) is 11.1 Å². The van der Waals surface area contributed by atoms with E-state index in [-0.39, 0.29) is 17.9 Å². The van der Waals surface area contributed by atoms with Crippen LogP contribution in [0.4, 0.5) is 0 Å². The molecule has 0 atom stereocenters. The number of carbonyl (C=O) groups excluding carboxylic acids is 1. The third kappa shape index (κ3) is 3.84. The number of hydrogen-bond donors (Lipinski definition) is 1. The lowest BCUT2D eigenvalue weighted by Gasteiger charge is -2.32. The summed E-state index contributed by atoms with van der Waals surface area (Å²) >= 11 is 1.52. The third-order valence-corrected chi connectivity index (χ3v) is 6.64. The van der Waals surface area contributed by atoms with E-state index in [4.69, 9.17) is 0 Å². The number of nitrogens with zero attached hydrogens (tertiary/aromatic N) is 1. The van der Waals surface area contributed by atoms with Crippen molar-refractivity contribution in [3.8, 4) is 10.4 Å². The number of fused-ring (bicyclic) bond motifs is 3. The average Bonchev–Trinajstić information content (AvgIpc) is 2.96. The molecule has 5 nitrogen and oxygen atoms in total. The number of nitrogens with one attached hydrogen (secondary N) is 1. The molecule has 1 aliphatic carbocycles. The van der Waals surface area contributed by atoms with Gasteiger partial charge in [0.25, 0.3) is 5.91 Å². The monoisotopic (exact) mass is 392 g/mol. The molecule has 1 aromatic carbocycles. The molecular weight excluding hydrogens is 368 g/mol. The highest BCUT2D eigenvalue weighted by molar-refractivity contribution is 7.88. The van der Waals surface area contributed by atoms with Gasteiger partial charge in [0, 0.05) is 25.0 Å². The van der Waals surface area contributed by atoms with Gasteiger partial charge in [-0.15, -0.1) is 11.3 Å². The number of likely N-dealkylation sites (N-methyl/N-ethyl adjacent to an activating group) is 1. The second-order valence-electron chi connectivity index (χ2n) is 7.46. The summed E-state index contributed by atoms with van der Waals surface area (Å²) in [5.41, 5.74) is 3.78. The Kier molecular flexibility index (Phi) is 4.98. The highest BCUT2D eigenvalue weighted by Gasteiger charge is 2.33. The molecule has 0 radical (unpaired) electrons. The van der Waals surface area contributed by atoms with Gasteiger partial charge < -0.3 is 4.90 Å². The SMILES string of the molecule is CN(CCNS(C)(=O)=O)C(=O)c1cc2c(s1)-c1ccccc1C(C)(C)C2. The molecule has 0 saturated heterocycles. The van der Waals surface area contributed by atoms with Crippen LogP contribution in [0.25, 0.3) is 10.4 Å². The summed E-state index contributed by atoms with van der Waals surface area (Å²) in [5.74, 6) is -0.0741. The largest absolute Gasteiger partial charge is 0.340 e. The van der Waals surface area contributed by atoms with Crippen molar-refractivity contribution in [1.29, 1.82) is 0 Å². The number of sulfonamides is 1. The lowest BCUT2D eigenvalue weighted by molar-refractivity contribution is 0.0802. The minimum absolute atomic E-state index is 0.0380. The van der Waals surface area contributed by atoms with Crippen molar-refractivity contribution >= 4 is 27.3 Å². The van der Waals surface area contributed by atoms with Crippen LogP contribution in [0, 0.1) is 0 Å². The van der Waals surface area contributed by atoms with Crippen LogP contribution in [0.3, 0.4) is 0 Å². The summed E-state index contributed by atoms with van der Waals surface area (Å²) in [6.07, 6.45) is 2.02. The molecule has 1 aromatic heterocycles. The maximum atomic E-state index is 12.8. The Hall–Kier alpha value is -1.70.